The lowest BCUT2D eigenvalue weighted by Gasteiger charge is -2.36. The highest BCUT2D eigenvalue weighted by molar-refractivity contribution is 6.40. The summed E-state index contributed by atoms with van der Waals surface area (Å²) in [5, 5.41) is 10.4. The van der Waals surface area contributed by atoms with E-state index in [0.29, 0.717) is 17.9 Å². The lowest BCUT2D eigenvalue weighted by atomic mass is 10.0. The summed E-state index contributed by atoms with van der Waals surface area (Å²) in [5.74, 6) is -1.77. The predicted octanol–water partition coefficient (Wildman–Crippen LogP) is 6.09. The molecule has 4 rings (SSSR count). The van der Waals surface area contributed by atoms with Crippen LogP contribution in [0.15, 0.2) is 59.9 Å². The molecule has 0 saturated carbocycles. The Kier molecular flexibility index (Phi) is 9.55. The van der Waals surface area contributed by atoms with E-state index >= 15 is 0 Å². The van der Waals surface area contributed by atoms with E-state index in [1.54, 1.807) is 18.0 Å². The second kappa shape index (κ2) is 12.6. The number of aromatic nitrogens is 2. The molecule has 1 aromatic carbocycles. The smallest absolute Gasteiger partial charge is 0.422 e. The summed E-state index contributed by atoms with van der Waals surface area (Å²) in [6.07, 6.45) is 0.507. The van der Waals surface area contributed by atoms with Crippen LogP contribution in [0.3, 0.4) is 0 Å². The molecule has 210 valence electrons. The Bertz CT molecular complexity index is 1300. The van der Waals surface area contributed by atoms with Crippen molar-refractivity contribution in [3.63, 3.8) is 0 Å². The van der Waals surface area contributed by atoms with Crippen LogP contribution >= 0.6 is 0 Å². The van der Waals surface area contributed by atoms with Gasteiger partial charge in [-0.3, -0.25) is 4.99 Å². The topological polar surface area (TPSA) is 117 Å². The molecule has 3 aromatic rings. The first-order valence-electron chi connectivity index (χ1n) is 12.3. The number of carboxylic acid groups (broad SMARTS) is 1. The number of pyridine rings is 1. The number of para-hydroxylation sites is 1. The number of anilines is 1. The number of alkyl halides is 3. The molecule has 39 heavy (non-hydrogen) atoms. The summed E-state index contributed by atoms with van der Waals surface area (Å²) in [4.78, 5) is 24.0. The van der Waals surface area contributed by atoms with E-state index in [-0.39, 0.29) is 5.71 Å². The lowest BCUT2D eigenvalue weighted by molar-refractivity contribution is -0.154. The Morgan fingerprint density at radius 1 is 1.23 bits per heavy atom. The number of nitrogen functional groups attached to an aromatic ring is 1. The first-order valence-corrected chi connectivity index (χ1v) is 12.3. The highest BCUT2D eigenvalue weighted by Crippen LogP contribution is 2.30. The average molecular weight is 550 g/mol. The number of hydrogen-bond acceptors (Lipinski definition) is 6. The number of ether oxygens (including phenoxy) is 1. The molecule has 8 nitrogen and oxygen atoms in total. The van der Waals surface area contributed by atoms with Crippen LogP contribution in [0, 0.1) is 11.7 Å². The number of fused-ring (bicyclic) bond motifs is 1. The number of hydrogen-bond donors (Lipinski definition) is 3. The second-order valence-electron chi connectivity index (χ2n) is 9.48. The molecule has 1 aliphatic heterocycles. The van der Waals surface area contributed by atoms with Gasteiger partial charge in [0.2, 0.25) is 0 Å². The van der Waals surface area contributed by atoms with Gasteiger partial charge in [-0.1, -0.05) is 32.0 Å². The number of nitrogens with zero attached hydrogens (tertiary/aromatic N) is 3. The second-order valence-corrected chi connectivity index (χ2v) is 9.48. The first kappa shape index (κ1) is 29.5. The van der Waals surface area contributed by atoms with Crippen molar-refractivity contribution in [3.05, 3.63) is 66.3 Å². The Hall–Kier alpha value is -4.09. The van der Waals surface area contributed by atoms with Gasteiger partial charge >= 0.3 is 12.1 Å². The molecule has 0 amide bonds. The Morgan fingerprint density at radius 2 is 1.95 bits per heavy atom. The van der Waals surface area contributed by atoms with Gasteiger partial charge in [-0.15, -0.1) is 0 Å². The van der Waals surface area contributed by atoms with Crippen molar-refractivity contribution in [2.45, 2.75) is 52.0 Å². The molecule has 0 radical (unpaired) electrons. The van der Waals surface area contributed by atoms with Gasteiger partial charge in [-0.05, 0) is 55.5 Å². The zero-order chi connectivity index (χ0) is 28.7. The molecular formula is C27H31F4N5O3. The van der Waals surface area contributed by atoms with Crippen molar-refractivity contribution in [1.29, 1.82) is 0 Å². The van der Waals surface area contributed by atoms with Gasteiger partial charge in [0.05, 0.1) is 6.04 Å². The van der Waals surface area contributed by atoms with Gasteiger partial charge in [0.25, 0.3) is 5.88 Å². The third-order valence-corrected chi connectivity index (χ3v) is 5.94. The molecule has 4 N–H and O–H groups in total. The van der Waals surface area contributed by atoms with Crippen molar-refractivity contribution in [1.82, 2.24) is 14.9 Å². The van der Waals surface area contributed by atoms with Crippen molar-refractivity contribution in [3.8, 4) is 5.88 Å². The molecule has 0 saturated heterocycles. The van der Waals surface area contributed by atoms with Gasteiger partial charge < -0.3 is 25.5 Å². The van der Waals surface area contributed by atoms with Gasteiger partial charge in [-0.2, -0.15) is 13.2 Å². The van der Waals surface area contributed by atoms with Gasteiger partial charge in [-0.25, -0.2) is 14.2 Å². The van der Waals surface area contributed by atoms with Crippen molar-refractivity contribution >= 4 is 28.4 Å². The predicted molar refractivity (Wildman–Crippen MR) is 141 cm³/mol. The van der Waals surface area contributed by atoms with E-state index in [1.165, 1.54) is 17.7 Å². The molecular weight excluding hydrogens is 518 g/mol. The lowest BCUT2D eigenvalue weighted by Crippen LogP contribution is -2.36. The minimum atomic E-state index is -4.60. The molecule has 3 heterocycles. The summed E-state index contributed by atoms with van der Waals surface area (Å²) in [7, 11) is 0. The van der Waals surface area contributed by atoms with Crippen LogP contribution in [0.2, 0.25) is 0 Å². The molecule has 0 fully saturated rings. The van der Waals surface area contributed by atoms with Crippen molar-refractivity contribution in [2.24, 2.45) is 10.9 Å². The normalized spacial score (nSPS) is 16.1. The molecule has 2 atom stereocenters. The molecule has 0 aliphatic carbocycles. The van der Waals surface area contributed by atoms with E-state index in [2.05, 4.69) is 19.7 Å². The molecule has 1 aliphatic rings. The third kappa shape index (κ3) is 8.45. The van der Waals surface area contributed by atoms with Crippen LogP contribution in [-0.2, 0) is 4.79 Å². The van der Waals surface area contributed by atoms with Crippen molar-refractivity contribution < 1.29 is 32.2 Å². The maximum atomic E-state index is 14.2. The number of carbonyl (C=O) groups is 1. The van der Waals surface area contributed by atoms with E-state index in [4.69, 9.17) is 5.73 Å². The van der Waals surface area contributed by atoms with E-state index < -0.39 is 42.7 Å². The number of halogens is 4. The number of rotatable bonds is 8. The SMILES string of the molecule is CC(C)CCC1N=C(C(=O)O)C=CN1C(C)c1cnc(OCC(F)(F)F)c(F)c1.Nc1cc2ccccc2[nH]1. The maximum absolute atomic E-state index is 14.2. The fraction of sp³-hybridized carbons (Fsp3) is 0.370. The zero-order valence-electron chi connectivity index (χ0n) is 21.7. The van der Waals surface area contributed by atoms with Crippen LogP contribution in [-0.4, -0.2) is 50.6 Å². The summed E-state index contributed by atoms with van der Waals surface area (Å²) < 4.78 is 55.3. The maximum Gasteiger partial charge on any atom is 0.422 e. The molecule has 2 aromatic heterocycles. The number of H-pyrrole nitrogens is 1. The minimum Gasteiger partial charge on any atom is -0.477 e. The van der Waals surface area contributed by atoms with Gasteiger partial charge in [0.1, 0.15) is 17.7 Å². The highest BCUT2D eigenvalue weighted by atomic mass is 19.4. The summed E-state index contributed by atoms with van der Waals surface area (Å²) in [6, 6.07) is 10.6. The quantitative estimate of drug-likeness (QED) is 0.293. The molecule has 0 spiro atoms. The molecule has 0 bridgehead atoms. The average Bonchev–Trinajstić information content (AvgIpc) is 3.26. The highest BCUT2D eigenvalue weighted by Gasteiger charge is 2.30. The van der Waals surface area contributed by atoms with Gasteiger partial charge in [0, 0.05) is 23.3 Å². The number of nitrogens with one attached hydrogen (secondary N) is 1. The number of aromatic amines is 1. The summed E-state index contributed by atoms with van der Waals surface area (Å²) >= 11 is 0. The Morgan fingerprint density at radius 3 is 2.56 bits per heavy atom. The van der Waals surface area contributed by atoms with Crippen LogP contribution in [0.4, 0.5) is 23.4 Å². The van der Waals surface area contributed by atoms with E-state index in [1.807, 2.05) is 44.2 Å². The summed E-state index contributed by atoms with van der Waals surface area (Å²) in [6.45, 7) is 4.19. The van der Waals surface area contributed by atoms with Crippen LogP contribution in [0.1, 0.15) is 45.2 Å². The fourth-order valence-corrected chi connectivity index (χ4v) is 3.93. The first-order chi connectivity index (χ1) is 18.3. The number of aliphatic imine (C=N–C) groups is 1. The summed E-state index contributed by atoms with van der Waals surface area (Å²) in [5.41, 5.74) is 6.96. The molecule has 12 heteroatoms. The number of aliphatic carboxylic acids is 1. The third-order valence-electron chi connectivity index (χ3n) is 5.94. The molecule has 2 unspecified atom stereocenters. The number of carboxylic acids is 1. The van der Waals surface area contributed by atoms with Crippen LogP contribution in [0.5, 0.6) is 5.88 Å². The Labute approximate surface area is 223 Å². The minimum absolute atomic E-state index is 0.0672. The van der Waals surface area contributed by atoms with Crippen LogP contribution < -0.4 is 10.5 Å². The number of nitrogens with two attached hydrogens (primary N) is 1. The fourth-order valence-electron chi connectivity index (χ4n) is 3.93. The van der Waals surface area contributed by atoms with E-state index in [9.17, 15) is 27.5 Å². The zero-order valence-corrected chi connectivity index (χ0v) is 21.7. The monoisotopic (exact) mass is 549 g/mol. The Balaban J connectivity index is 0.000000346. The van der Waals surface area contributed by atoms with Crippen LogP contribution in [0.25, 0.3) is 10.9 Å². The van der Waals surface area contributed by atoms with Crippen molar-refractivity contribution in [2.75, 3.05) is 12.3 Å². The van der Waals surface area contributed by atoms with E-state index in [0.717, 1.165) is 23.8 Å². The number of benzene rings is 1. The largest absolute Gasteiger partial charge is 0.477 e. The standard InChI is InChI=1S/C19H23F4N3O3.C8H8N2/c1-11(2)4-5-16-25-15(18(27)28)6-7-26(16)12(3)13-8-14(20)17(24-9-13)29-10-19(21,22)23;9-8-5-6-3-1-2-4-7(6)10-8/h6-9,11-12,16H,4-5,10H2,1-3H3,(H,27,28);1-5,10H,9H2. The van der Waals surface area contributed by atoms with Gasteiger partial charge in [0.15, 0.2) is 12.4 Å².